The maximum absolute atomic E-state index is 12.1. The van der Waals surface area contributed by atoms with Crippen LogP contribution in [-0.4, -0.2) is 16.6 Å². The van der Waals surface area contributed by atoms with Crippen molar-refractivity contribution in [2.24, 2.45) is 0 Å². The molecule has 3 rings (SSSR count). The van der Waals surface area contributed by atoms with Crippen molar-refractivity contribution in [1.82, 2.24) is 4.98 Å². The second-order valence-corrected chi connectivity index (χ2v) is 6.15. The number of pyridine rings is 1. The number of thioether (sulfide) groups is 1. The van der Waals surface area contributed by atoms with E-state index in [4.69, 9.17) is 0 Å². The number of hydrogen-bond donors (Lipinski definition) is 0. The number of anilines is 1. The Balaban J connectivity index is 1.97. The predicted octanol–water partition coefficient (Wildman–Crippen LogP) is 3.62. The van der Waals surface area contributed by atoms with Crippen LogP contribution < -0.4 is 4.90 Å². The highest BCUT2D eigenvalue weighted by Crippen LogP contribution is 2.41. The Morgan fingerprint density at radius 1 is 1.21 bits per heavy atom. The third kappa shape index (κ3) is 2.53. The molecule has 3 nitrogen and oxygen atoms in total. The molecule has 1 aliphatic rings. The normalized spacial score (nSPS) is 18.9. The predicted molar refractivity (Wildman–Crippen MR) is 81.1 cm³/mol. The number of carbonyl (C=O) groups is 1. The molecule has 0 aliphatic carbocycles. The van der Waals surface area contributed by atoms with Crippen LogP contribution in [0.4, 0.5) is 5.82 Å². The van der Waals surface area contributed by atoms with E-state index in [1.807, 2.05) is 42.5 Å². The summed E-state index contributed by atoms with van der Waals surface area (Å²) >= 11 is 5.06. The highest BCUT2D eigenvalue weighted by atomic mass is 79.9. The first-order valence-electron chi connectivity index (χ1n) is 5.86. The zero-order chi connectivity index (χ0) is 13.2. The number of nitrogens with zero attached hydrogens (tertiary/aromatic N) is 2. The van der Waals surface area contributed by atoms with E-state index in [1.54, 1.807) is 22.9 Å². The summed E-state index contributed by atoms with van der Waals surface area (Å²) < 4.78 is 1.04. The molecule has 0 N–H and O–H groups in total. The summed E-state index contributed by atoms with van der Waals surface area (Å²) in [6.07, 6.45) is 1.71. The molecule has 19 heavy (non-hydrogen) atoms. The third-order valence-corrected chi connectivity index (χ3v) is 4.66. The Morgan fingerprint density at radius 2 is 2.00 bits per heavy atom. The molecule has 0 spiro atoms. The Kier molecular flexibility index (Phi) is 3.57. The molecule has 1 unspecified atom stereocenters. The highest BCUT2D eigenvalue weighted by molar-refractivity contribution is 9.10. The first-order chi connectivity index (χ1) is 9.25. The lowest BCUT2D eigenvalue weighted by atomic mass is 10.2. The van der Waals surface area contributed by atoms with Gasteiger partial charge >= 0.3 is 0 Å². The molecule has 5 heteroatoms. The largest absolute Gasteiger partial charge is 0.279 e. The Hall–Kier alpha value is -1.33. The fourth-order valence-corrected chi connectivity index (χ4v) is 3.47. The van der Waals surface area contributed by atoms with Crippen molar-refractivity contribution in [2.45, 2.75) is 5.37 Å². The fraction of sp³-hybridized carbons (Fsp3) is 0.143. The van der Waals surface area contributed by atoms with Gasteiger partial charge in [0.25, 0.3) is 0 Å². The first-order valence-corrected chi connectivity index (χ1v) is 7.70. The minimum absolute atomic E-state index is 0.00972. The van der Waals surface area contributed by atoms with Gasteiger partial charge in [-0.1, -0.05) is 34.1 Å². The van der Waals surface area contributed by atoms with Gasteiger partial charge in [-0.25, -0.2) is 4.98 Å². The molecule has 1 aliphatic heterocycles. The van der Waals surface area contributed by atoms with Crippen LogP contribution in [0.1, 0.15) is 10.9 Å². The Labute approximate surface area is 124 Å². The van der Waals surface area contributed by atoms with Gasteiger partial charge in [0.05, 0.1) is 5.75 Å². The van der Waals surface area contributed by atoms with Crippen molar-refractivity contribution in [3.05, 3.63) is 58.7 Å². The van der Waals surface area contributed by atoms with E-state index >= 15 is 0 Å². The Morgan fingerprint density at radius 3 is 2.68 bits per heavy atom. The molecule has 1 saturated heterocycles. The van der Waals surface area contributed by atoms with Crippen LogP contribution in [0.25, 0.3) is 0 Å². The zero-order valence-electron chi connectivity index (χ0n) is 9.99. The molecule has 2 aromatic rings. The lowest BCUT2D eigenvalue weighted by molar-refractivity contribution is -0.115. The molecule has 1 atom stereocenters. The van der Waals surface area contributed by atoms with Crippen molar-refractivity contribution in [1.29, 1.82) is 0 Å². The molecule has 2 heterocycles. The summed E-state index contributed by atoms with van der Waals surface area (Å²) in [4.78, 5) is 18.1. The number of benzene rings is 1. The van der Waals surface area contributed by atoms with Gasteiger partial charge in [-0.2, -0.15) is 0 Å². The summed E-state index contributed by atoms with van der Waals surface area (Å²) in [6, 6.07) is 13.7. The van der Waals surface area contributed by atoms with Gasteiger partial charge in [-0.05, 0) is 29.8 Å². The molecular weight excluding hydrogens is 324 g/mol. The summed E-state index contributed by atoms with van der Waals surface area (Å²) in [6.45, 7) is 0. The fourth-order valence-electron chi connectivity index (χ4n) is 2.04. The highest BCUT2D eigenvalue weighted by Gasteiger charge is 2.34. The summed E-state index contributed by atoms with van der Waals surface area (Å²) in [7, 11) is 0. The molecule has 1 aromatic heterocycles. The van der Waals surface area contributed by atoms with Gasteiger partial charge in [-0.3, -0.25) is 9.69 Å². The van der Waals surface area contributed by atoms with E-state index in [1.165, 1.54) is 0 Å². The van der Waals surface area contributed by atoms with Gasteiger partial charge < -0.3 is 0 Å². The van der Waals surface area contributed by atoms with Gasteiger partial charge in [0.1, 0.15) is 11.2 Å². The molecule has 96 valence electrons. The van der Waals surface area contributed by atoms with Crippen LogP contribution >= 0.6 is 27.7 Å². The number of hydrogen-bond acceptors (Lipinski definition) is 3. The topological polar surface area (TPSA) is 33.2 Å². The molecule has 0 bridgehead atoms. The minimum atomic E-state index is 0.00972. The summed E-state index contributed by atoms with van der Waals surface area (Å²) in [5.74, 6) is 1.32. The minimum Gasteiger partial charge on any atom is -0.279 e. The Bertz CT molecular complexity index is 588. The van der Waals surface area contributed by atoms with Crippen LogP contribution in [-0.2, 0) is 4.79 Å². The molecule has 1 fully saturated rings. The zero-order valence-corrected chi connectivity index (χ0v) is 12.4. The number of aromatic nitrogens is 1. The number of amides is 1. The molecular formula is C14H11BrN2OS. The summed E-state index contributed by atoms with van der Waals surface area (Å²) in [5.41, 5.74) is 1.12. The van der Waals surface area contributed by atoms with Crippen molar-refractivity contribution in [2.75, 3.05) is 10.7 Å². The second kappa shape index (κ2) is 5.35. The van der Waals surface area contributed by atoms with E-state index in [0.29, 0.717) is 11.6 Å². The molecule has 0 saturated carbocycles. The van der Waals surface area contributed by atoms with Crippen LogP contribution in [0.3, 0.4) is 0 Å². The monoisotopic (exact) mass is 334 g/mol. The average Bonchev–Trinajstić information content (AvgIpc) is 2.82. The van der Waals surface area contributed by atoms with Gasteiger partial charge in [-0.15, -0.1) is 11.8 Å². The van der Waals surface area contributed by atoms with Crippen LogP contribution in [0.15, 0.2) is 53.1 Å². The molecule has 0 radical (unpaired) electrons. The second-order valence-electron chi connectivity index (χ2n) is 4.17. The van der Waals surface area contributed by atoms with Crippen molar-refractivity contribution in [3.63, 3.8) is 0 Å². The lowest BCUT2D eigenvalue weighted by Crippen LogP contribution is -2.28. The maximum atomic E-state index is 12.1. The van der Waals surface area contributed by atoms with Crippen molar-refractivity contribution in [3.8, 4) is 0 Å². The summed E-state index contributed by atoms with van der Waals surface area (Å²) in [5, 5.41) is 0.00972. The third-order valence-electron chi connectivity index (χ3n) is 2.92. The number of carbonyl (C=O) groups excluding carboxylic acids is 1. The van der Waals surface area contributed by atoms with Crippen LogP contribution in [0, 0.1) is 0 Å². The molecule has 1 amide bonds. The standard InChI is InChI=1S/C14H11BrN2OS/c15-11-6-4-10(5-7-11)14-17(13(18)9-19-14)12-3-1-2-8-16-12/h1-8,14H,9H2. The van der Waals surface area contributed by atoms with E-state index in [0.717, 1.165) is 10.0 Å². The number of rotatable bonds is 2. The van der Waals surface area contributed by atoms with Gasteiger partial charge in [0.15, 0.2) is 0 Å². The van der Waals surface area contributed by atoms with Crippen molar-refractivity contribution < 1.29 is 4.79 Å². The SMILES string of the molecule is O=C1CSC(c2ccc(Br)cc2)N1c1ccccn1. The van der Waals surface area contributed by atoms with Crippen LogP contribution in [0.2, 0.25) is 0 Å². The maximum Gasteiger partial charge on any atom is 0.239 e. The van der Waals surface area contributed by atoms with E-state index in [2.05, 4.69) is 20.9 Å². The van der Waals surface area contributed by atoms with Gasteiger partial charge in [0.2, 0.25) is 5.91 Å². The van der Waals surface area contributed by atoms with E-state index in [9.17, 15) is 4.79 Å². The first kappa shape index (κ1) is 12.7. The van der Waals surface area contributed by atoms with Crippen molar-refractivity contribution >= 4 is 39.4 Å². The lowest BCUT2D eigenvalue weighted by Gasteiger charge is -2.23. The van der Waals surface area contributed by atoms with Crippen LogP contribution in [0.5, 0.6) is 0 Å². The van der Waals surface area contributed by atoms with Gasteiger partial charge in [0, 0.05) is 10.7 Å². The molecule has 1 aromatic carbocycles. The smallest absolute Gasteiger partial charge is 0.239 e. The van der Waals surface area contributed by atoms with E-state index < -0.39 is 0 Å². The van der Waals surface area contributed by atoms with E-state index in [-0.39, 0.29) is 11.3 Å². The number of halogens is 1. The quantitative estimate of drug-likeness (QED) is 0.840. The average molecular weight is 335 g/mol.